The molecule has 1 aromatic carbocycles. The van der Waals surface area contributed by atoms with Gasteiger partial charge >= 0.3 is 0 Å². The Morgan fingerprint density at radius 2 is 1.73 bits per heavy atom. The molecule has 5 heteroatoms. The molecular weight excluding hydrogens is 241 g/mol. The Labute approximate surface area is 75.0 Å². The maximum Gasteiger partial charge on any atom is 0.195 e. The number of thiol groups is 1. The molecule has 0 spiro atoms. The first kappa shape index (κ1) is 8.93. The minimum absolute atomic E-state index is 0.0947. The summed E-state index contributed by atoms with van der Waals surface area (Å²) >= 11 is 6.41. The molecule has 0 aliphatic rings. The molecule has 0 saturated heterocycles. The fraction of sp³-hybridized carbons (Fsp3) is 0. The van der Waals surface area contributed by atoms with Gasteiger partial charge in [-0.25, -0.2) is 13.2 Å². The quantitative estimate of drug-likeness (QED) is 0.404. The van der Waals surface area contributed by atoms with E-state index in [0.717, 1.165) is 6.07 Å². The molecule has 0 N–H and O–H groups in total. The van der Waals surface area contributed by atoms with Crippen molar-refractivity contribution in [1.29, 1.82) is 0 Å². The van der Waals surface area contributed by atoms with Gasteiger partial charge in [0.2, 0.25) is 0 Å². The van der Waals surface area contributed by atoms with E-state index < -0.39 is 17.5 Å². The van der Waals surface area contributed by atoms with Crippen molar-refractivity contribution in [1.82, 2.24) is 0 Å². The minimum atomic E-state index is -1.50. The maximum absolute atomic E-state index is 12.5. The summed E-state index contributed by atoms with van der Waals surface area (Å²) in [5.41, 5.74) is 0. The second kappa shape index (κ2) is 3.06. The molecule has 0 unspecified atom stereocenters. The van der Waals surface area contributed by atoms with Gasteiger partial charge < -0.3 is 0 Å². The van der Waals surface area contributed by atoms with Crippen LogP contribution in [0.15, 0.2) is 15.4 Å². The first-order chi connectivity index (χ1) is 5.04. The Morgan fingerprint density at radius 1 is 1.18 bits per heavy atom. The first-order valence-corrected chi connectivity index (χ1v) is 3.80. The lowest BCUT2D eigenvalue weighted by Crippen LogP contribution is -1.92. The molecule has 0 aromatic heterocycles. The second-order valence-electron chi connectivity index (χ2n) is 1.82. The average Bonchev–Trinajstić information content (AvgIpc) is 1.97. The maximum atomic E-state index is 12.5. The van der Waals surface area contributed by atoms with Crippen molar-refractivity contribution in [2.45, 2.75) is 4.90 Å². The van der Waals surface area contributed by atoms with Crippen molar-refractivity contribution in [3.05, 3.63) is 28.0 Å². The van der Waals surface area contributed by atoms with Crippen LogP contribution in [0, 0.1) is 17.5 Å². The summed E-state index contributed by atoms with van der Waals surface area (Å²) < 4.78 is 37.3. The summed E-state index contributed by atoms with van der Waals surface area (Å²) in [5, 5.41) is 0. The fourth-order valence-electron chi connectivity index (χ4n) is 0.557. The third-order valence-corrected chi connectivity index (χ3v) is 2.46. The number of benzene rings is 1. The molecule has 1 rings (SSSR count). The average molecular weight is 243 g/mol. The lowest BCUT2D eigenvalue weighted by atomic mass is 10.3. The Bertz CT molecular complexity index is 274. The van der Waals surface area contributed by atoms with Crippen LogP contribution in [0.4, 0.5) is 13.2 Å². The molecule has 0 amide bonds. The molecule has 0 aliphatic heterocycles. The van der Waals surface area contributed by atoms with Gasteiger partial charge in [-0.05, 0) is 22.0 Å². The van der Waals surface area contributed by atoms with E-state index in [4.69, 9.17) is 0 Å². The van der Waals surface area contributed by atoms with E-state index >= 15 is 0 Å². The molecule has 0 atom stereocenters. The highest BCUT2D eigenvalue weighted by Crippen LogP contribution is 2.27. The molecule has 0 saturated carbocycles. The third kappa shape index (κ3) is 1.54. The van der Waals surface area contributed by atoms with Crippen LogP contribution in [0.1, 0.15) is 0 Å². The molecule has 11 heavy (non-hydrogen) atoms. The van der Waals surface area contributed by atoms with Crippen molar-refractivity contribution in [3.63, 3.8) is 0 Å². The van der Waals surface area contributed by atoms with E-state index in [-0.39, 0.29) is 9.37 Å². The zero-order chi connectivity index (χ0) is 8.59. The van der Waals surface area contributed by atoms with E-state index in [0.29, 0.717) is 0 Å². The van der Waals surface area contributed by atoms with Crippen LogP contribution in [0.5, 0.6) is 0 Å². The van der Waals surface area contributed by atoms with Gasteiger partial charge in [0.05, 0.1) is 4.90 Å². The van der Waals surface area contributed by atoms with E-state index in [9.17, 15) is 13.2 Å². The second-order valence-corrected chi connectivity index (χ2v) is 3.12. The van der Waals surface area contributed by atoms with Gasteiger partial charge in [0, 0.05) is 4.47 Å². The Balaban J connectivity index is 3.46. The Kier molecular flexibility index (Phi) is 2.49. The molecule has 0 nitrogen and oxygen atoms in total. The van der Waals surface area contributed by atoms with Crippen molar-refractivity contribution < 1.29 is 13.2 Å². The van der Waals surface area contributed by atoms with Crippen molar-refractivity contribution in [2.24, 2.45) is 0 Å². The molecule has 0 radical (unpaired) electrons. The predicted octanol–water partition coefficient (Wildman–Crippen LogP) is 3.16. The summed E-state index contributed by atoms with van der Waals surface area (Å²) in [6.07, 6.45) is 0. The summed E-state index contributed by atoms with van der Waals surface area (Å²) in [4.78, 5) is -0.232. The van der Waals surface area contributed by atoms with Crippen LogP contribution < -0.4 is 0 Å². The molecule has 1 aromatic rings. The van der Waals surface area contributed by atoms with Crippen LogP contribution >= 0.6 is 28.6 Å². The number of hydrogen-bond acceptors (Lipinski definition) is 1. The standard InChI is InChI=1S/C6H2BrF3S/c7-2-1-3(8)4(9)5(10)6(2)11/h1,11H. The van der Waals surface area contributed by atoms with Crippen molar-refractivity contribution in [3.8, 4) is 0 Å². The summed E-state index contributed by atoms with van der Waals surface area (Å²) in [7, 11) is 0. The fourth-order valence-corrected chi connectivity index (χ4v) is 1.09. The highest BCUT2D eigenvalue weighted by molar-refractivity contribution is 9.10. The predicted molar refractivity (Wildman–Crippen MR) is 41.3 cm³/mol. The highest BCUT2D eigenvalue weighted by atomic mass is 79.9. The van der Waals surface area contributed by atoms with Crippen LogP contribution in [0.3, 0.4) is 0 Å². The van der Waals surface area contributed by atoms with Crippen LogP contribution in [0.25, 0.3) is 0 Å². The van der Waals surface area contributed by atoms with E-state index in [1.54, 1.807) is 0 Å². The first-order valence-electron chi connectivity index (χ1n) is 2.56. The number of halogens is 4. The zero-order valence-corrected chi connectivity index (χ0v) is 7.52. The van der Waals surface area contributed by atoms with Crippen molar-refractivity contribution >= 4 is 28.6 Å². The molecule has 60 valence electrons. The number of hydrogen-bond donors (Lipinski definition) is 1. The summed E-state index contributed by atoms with van der Waals surface area (Å²) in [5.74, 6) is -4.01. The Morgan fingerprint density at radius 3 is 2.27 bits per heavy atom. The molecule has 0 heterocycles. The molecule has 0 bridgehead atoms. The lowest BCUT2D eigenvalue weighted by molar-refractivity contribution is 0.434. The summed E-state index contributed by atoms with van der Waals surface area (Å²) in [6, 6.07) is 0.820. The van der Waals surface area contributed by atoms with Gasteiger partial charge in [0.15, 0.2) is 17.5 Å². The lowest BCUT2D eigenvalue weighted by Gasteiger charge is -2.00. The van der Waals surface area contributed by atoms with Crippen LogP contribution in [0.2, 0.25) is 0 Å². The largest absolute Gasteiger partial charge is 0.204 e. The van der Waals surface area contributed by atoms with Crippen LogP contribution in [-0.2, 0) is 0 Å². The molecule has 0 aliphatic carbocycles. The van der Waals surface area contributed by atoms with E-state index in [1.807, 2.05) is 0 Å². The van der Waals surface area contributed by atoms with Gasteiger partial charge in [-0.3, -0.25) is 0 Å². The summed E-state index contributed by atoms with van der Waals surface area (Å²) in [6.45, 7) is 0. The van der Waals surface area contributed by atoms with Gasteiger partial charge in [0.1, 0.15) is 0 Å². The van der Waals surface area contributed by atoms with Gasteiger partial charge in [-0.2, -0.15) is 0 Å². The highest BCUT2D eigenvalue weighted by Gasteiger charge is 2.14. The van der Waals surface area contributed by atoms with Gasteiger partial charge in [0.25, 0.3) is 0 Å². The smallest absolute Gasteiger partial charge is 0.195 e. The van der Waals surface area contributed by atoms with Crippen LogP contribution in [-0.4, -0.2) is 0 Å². The third-order valence-electron chi connectivity index (χ3n) is 1.09. The molecular formula is C6H2BrF3S. The SMILES string of the molecule is Fc1cc(Br)c(S)c(F)c1F. The normalized spacial score (nSPS) is 10.3. The van der Waals surface area contributed by atoms with Gasteiger partial charge in [-0.1, -0.05) is 0 Å². The zero-order valence-electron chi connectivity index (χ0n) is 5.04. The Hall–Kier alpha value is -0.160. The minimum Gasteiger partial charge on any atom is -0.204 e. The molecule has 0 fully saturated rings. The number of rotatable bonds is 0. The monoisotopic (exact) mass is 242 g/mol. The topological polar surface area (TPSA) is 0 Å². The van der Waals surface area contributed by atoms with E-state index in [2.05, 4.69) is 28.6 Å². The van der Waals surface area contributed by atoms with E-state index in [1.165, 1.54) is 0 Å². The van der Waals surface area contributed by atoms with Crippen molar-refractivity contribution in [2.75, 3.05) is 0 Å². The van der Waals surface area contributed by atoms with Gasteiger partial charge in [-0.15, -0.1) is 12.6 Å².